The van der Waals surface area contributed by atoms with Gasteiger partial charge in [-0.15, -0.1) is 0 Å². The SMILES string of the molecule is O=C(Nc1ccc(-c2ccccc2)cc1)NC1C2CCN(CC2)C1Cc1cccnc1. The molecule has 2 aromatic carbocycles. The summed E-state index contributed by atoms with van der Waals surface area (Å²) in [7, 11) is 0. The average Bonchev–Trinajstić information content (AvgIpc) is 2.83. The number of piperidine rings is 3. The number of pyridine rings is 1. The van der Waals surface area contributed by atoms with Crippen LogP contribution in [0, 0.1) is 5.92 Å². The van der Waals surface area contributed by atoms with E-state index in [4.69, 9.17) is 0 Å². The first-order valence-corrected chi connectivity index (χ1v) is 11.1. The summed E-state index contributed by atoms with van der Waals surface area (Å²) in [6.45, 7) is 2.24. The van der Waals surface area contributed by atoms with Crippen molar-refractivity contribution in [3.05, 3.63) is 84.7 Å². The Balaban J connectivity index is 1.25. The van der Waals surface area contributed by atoms with E-state index < -0.39 is 0 Å². The van der Waals surface area contributed by atoms with Crippen molar-refractivity contribution in [2.75, 3.05) is 18.4 Å². The van der Waals surface area contributed by atoms with Crippen molar-refractivity contribution in [2.24, 2.45) is 5.92 Å². The van der Waals surface area contributed by atoms with Crippen LogP contribution in [0.5, 0.6) is 0 Å². The molecule has 6 rings (SSSR count). The number of hydrogen-bond acceptors (Lipinski definition) is 3. The van der Waals surface area contributed by atoms with E-state index in [2.05, 4.69) is 38.7 Å². The van der Waals surface area contributed by atoms with E-state index in [1.165, 1.54) is 11.1 Å². The van der Waals surface area contributed by atoms with Crippen molar-refractivity contribution in [2.45, 2.75) is 31.3 Å². The highest BCUT2D eigenvalue weighted by atomic mass is 16.2. The molecule has 3 aliphatic rings. The molecule has 0 radical (unpaired) electrons. The lowest BCUT2D eigenvalue weighted by atomic mass is 9.77. The number of nitrogens with one attached hydrogen (secondary N) is 2. The molecule has 158 valence electrons. The van der Waals surface area contributed by atoms with Gasteiger partial charge >= 0.3 is 6.03 Å². The molecule has 2 amide bonds. The molecule has 1 aromatic heterocycles. The summed E-state index contributed by atoms with van der Waals surface area (Å²) < 4.78 is 0. The van der Waals surface area contributed by atoms with E-state index in [1.54, 1.807) is 0 Å². The molecule has 31 heavy (non-hydrogen) atoms. The van der Waals surface area contributed by atoms with Crippen LogP contribution in [-0.2, 0) is 6.42 Å². The normalized spacial score (nSPS) is 24.5. The molecule has 0 saturated carbocycles. The van der Waals surface area contributed by atoms with Crippen LogP contribution in [0.2, 0.25) is 0 Å². The maximum absolute atomic E-state index is 12.9. The Labute approximate surface area is 183 Å². The zero-order valence-corrected chi connectivity index (χ0v) is 17.6. The van der Waals surface area contributed by atoms with E-state index in [0.717, 1.165) is 43.6 Å². The number of benzene rings is 2. The van der Waals surface area contributed by atoms with Gasteiger partial charge in [0.1, 0.15) is 0 Å². The zero-order chi connectivity index (χ0) is 21.0. The summed E-state index contributed by atoms with van der Waals surface area (Å²) in [4.78, 5) is 19.7. The molecular weight excluding hydrogens is 384 g/mol. The van der Waals surface area contributed by atoms with Gasteiger partial charge in [0.05, 0.1) is 0 Å². The number of rotatable bonds is 5. The predicted molar refractivity (Wildman–Crippen MR) is 124 cm³/mol. The zero-order valence-electron chi connectivity index (χ0n) is 17.6. The minimum absolute atomic E-state index is 0.123. The lowest BCUT2D eigenvalue weighted by Gasteiger charge is -2.51. The Morgan fingerprint density at radius 2 is 1.68 bits per heavy atom. The molecule has 2 unspecified atom stereocenters. The third-order valence-corrected chi connectivity index (χ3v) is 6.68. The van der Waals surface area contributed by atoms with Gasteiger partial charge in [0.15, 0.2) is 0 Å². The van der Waals surface area contributed by atoms with E-state index in [0.29, 0.717) is 12.0 Å². The van der Waals surface area contributed by atoms with Crippen molar-refractivity contribution < 1.29 is 4.79 Å². The number of anilines is 1. The standard InChI is InChI=1S/C26H28N4O/c31-26(28-23-10-8-21(9-11-23)20-6-2-1-3-7-20)29-25-22-12-15-30(16-13-22)24(25)17-19-5-4-14-27-18-19/h1-11,14,18,22,24-25H,12-13,15-17H2,(H2,28,29,31). The van der Waals surface area contributed by atoms with E-state index in [1.807, 2.05) is 60.9 Å². The van der Waals surface area contributed by atoms with Crippen LogP contribution in [0.15, 0.2) is 79.1 Å². The first-order valence-electron chi connectivity index (χ1n) is 11.1. The topological polar surface area (TPSA) is 57.3 Å². The van der Waals surface area contributed by atoms with Crippen molar-refractivity contribution in [3.8, 4) is 11.1 Å². The highest BCUT2D eigenvalue weighted by molar-refractivity contribution is 5.89. The highest BCUT2D eigenvalue weighted by Crippen LogP contribution is 2.34. The first-order chi connectivity index (χ1) is 15.3. The second-order valence-electron chi connectivity index (χ2n) is 8.57. The average molecular weight is 413 g/mol. The number of carbonyl (C=O) groups excluding carboxylic acids is 1. The summed E-state index contributed by atoms with van der Waals surface area (Å²) in [5.41, 5.74) is 4.34. The van der Waals surface area contributed by atoms with Crippen LogP contribution in [0.3, 0.4) is 0 Å². The second-order valence-corrected chi connectivity index (χ2v) is 8.57. The maximum Gasteiger partial charge on any atom is 0.319 e. The maximum atomic E-state index is 12.9. The van der Waals surface area contributed by atoms with Crippen molar-refractivity contribution in [1.29, 1.82) is 0 Å². The van der Waals surface area contributed by atoms with Crippen LogP contribution in [0.4, 0.5) is 10.5 Å². The van der Waals surface area contributed by atoms with Crippen molar-refractivity contribution in [3.63, 3.8) is 0 Å². The summed E-state index contributed by atoms with van der Waals surface area (Å²) in [5.74, 6) is 0.540. The molecule has 0 aliphatic carbocycles. The minimum Gasteiger partial charge on any atom is -0.333 e. The first kappa shape index (κ1) is 19.8. The Bertz CT molecular complexity index is 999. The minimum atomic E-state index is -0.123. The molecule has 2 atom stereocenters. The molecule has 2 bridgehead atoms. The number of hydrogen-bond donors (Lipinski definition) is 2. The van der Waals surface area contributed by atoms with Crippen LogP contribution in [0.25, 0.3) is 11.1 Å². The smallest absolute Gasteiger partial charge is 0.319 e. The number of aromatic nitrogens is 1. The third-order valence-electron chi connectivity index (χ3n) is 6.68. The number of urea groups is 1. The summed E-state index contributed by atoms with van der Waals surface area (Å²) in [6.07, 6.45) is 6.97. The van der Waals surface area contributed by atoms with Gasteiger partial charge in [0, 0.05) is 30.2 Å². The van der Waals surface area contributed by atoms with Crippen LogP contribution < -0.4 is 10.6 Å². The van der Waals surface area contributed by atoms with E-state index in [9.17, 15) is 4.79 Å². The number of nitrogens with zero attached hydrogens (tertiary/aromatic N) is 2. The van der Waals surface area contributed by atoms with E-state index in [-0.39, 0.29) is 12.1 Å². The highest BCUT2D eigenvalue weighted by Gasteiger charge is 2.42. The second kappa shape index (κ2) is 8.90. The van der Waals surface area contributed by atoms with Gasteiger partial charge in [-0.2, -0.15) is 0 Å². The Kier molecular flexibility index (Phi) is 5.67. The number of amides is 2. The van der Waals surface area contributed by atoms with Crippen molar-refractivity contribution in [1.82, 2.24) is 15.2 Å². The Morgan fingerprint density at radius 1 is 0.935 bits per heavy atom. The number of carbonyl (C=O) groups is 1. The third kappa shape index (κ3) is 4.47. The monoisotopic (exact) mass is 412 g/mol. The Hall–Kier alpha value is -3.18. The summed E-state index contributed by atoms with van der Waals surface area (Å²) >= 11 is 0. The van der Waals surface area contributed by atoms with Gasteiger partial charge in [0.2, 0.25) is 0 Å². The van der Waals surface area contributed by atoms with Gasteiger partial charge in [-0.05, 0) is 73.2 Å². The molecule has 3 aliphatic heterocycles. The van der Waals surface area contributed by atoms with E-state index >= 15 is 0 Å². The molecule has 5 heteroatoms. The van der Waals surface area contributed by atoms with Gasteiger partial charge < -0.3 is 10.6 Å². The molecule has 4 heterocycles. The van der Waals surface area contributed by atoms with Crippen LogP contribution >= 0.6 is 0 Å². The molecular formula is C26H28N4O. The fraction of sp³-hybridized carbons (Fsp3) is 0.308. The van der Waals surface area contributed by atoms with Gasteiger partial charge in [-0.1, -0.05) is 48.5 Å². The predicted octanol–water partition coefficient (Wildman–Crippen LogP) is 4.58. The fourth-order valence-corrected chi connectivity index (χ4v) is 5.08. The lowest BCUT2D eigenvalue weighted by molar-refractivity contribution is 0.0184. The molecule has 3 saturated heterocycles. The quantitative estimate of drug-likeness (QED) is 0.645. The lowest BCUT2D eigenvalue weighted by Crippen LogP contribution is -2.64. The van der Waals surface area contributed by atoms with Crippen LogP contribution in [0.1, 0.15) is 18.4 Å². The fourth-order valence-electron chi connectivity index (χ4n) is 5.08. The Morgan fingerprint density at radius 3 is 2.39 bits per heavy atom. The van der Waals surface area contributed by atoms with Gasteiger partial charge in [-0.25, -0.2) is 4.79 Å². The molecule has 0 spiro atoms. The largest absolute Gasteiger partial charge is 0.333 e. The van der Waals surface area contributed by atoms with Crippen LogP contribution in [-0.4, -0.2) is 41.1 Å². The van der Waals surface area contributed by atoms with Gasteiger partial charge in [-0.3, -0.25) is 9.88 Å². The number of fused-ring (bicyclic) bond motifs is 3. The summed E-state index contributed by atoms with van der Waals surface area (Å²) in [6, 6.07) is 22.7. The summed E-state index contributed by atoms with van der Waals surface area (Å²) in [5, 5.41) is 6.33. The molecule has 3 aromatic rings. The van der Waals surface area contributed by atoms with Gasteiger partial charge in [0.25, 0.3) is 0 Å². The molecule has 3 fully saturated rings. The van der Waals surface area contributed by atoms with Crippen molar-refractivity contribution >= 4 is 11.7 Å². The molecule has 2 N–H and O–H groups in total. The molecule has 5 nitrogen and oxygen atoms in total.